The SMILES string of the molecule is Cc1ccc(S(=O)(=O)n2cc(-c3cc(Oc4ccc(C(F)(F)F)cc4)cc(C)n3)c3c2ccc(=O)n3C)cc1. The van der Waals surface area contributed by atoms with Crippen molar-refractivity contribution < 1.29 is 26.3 Å². The van der Waals surface area contributed by atoms with Crippen molar-refractivity contribution in [2.45, 2.75) is 24.9 Å². The minimum atomic E-state index is -4.47. The van der Waals surface area contributed by atoms with Crippen molar-refractivity contribution in [2.24, 2.45) is 7.05 Å². The van der Waals surface area contributed by atoms with Crippen molar-refractivity contribution >= 4 is 21.1 Å². The van der Waals surface area contributed by atoms with Gasteiger partial charge in [-0.25, -0.2) is 12.4 Å². The summed E-state index contributed by atoms with van der Waals surface area (Å²) >= 11 is 0. The Bertz CT molecular complexity index is 1870. The Labute approximate surface area is 221 Å². The van der Waals surface area contributed by atoms with Crippen molar-refractivity contribution in [1.82, 2.24) is 13.5 Å². The molecule has 11 heteroatoms. The van der Waals surface area contributed by atoms with Crippen LogP contribution in [0.2, 0.25) is 0 Å². The predicted molar refractivity (Wildman–Crippen MR) is 140 cm³/mol. The molecule has 0 aliphatic heterocycles. The molecular formula is C28H22F3N3O4S. The van der Waals surface area contributed by atoms with Crippen LogP contribution in [0.15, 0.2) is 88.7 Å². The number of aromatic nitrogens is 3. The van der Waals surface area contributed by atoms with Crippen LogP contribution in [0.3, 0.4) is 0 Å². The molecule has 0 amide bonds. The average Bonchev–Trinajstić information content (AvgIpc) is 3.27. The first kappa shape index (κ1) is 26.2. The van der Waals surface area contributed by atoms with Crippen LogP contribution in [0, 0.1) is 13.8 Å². The monoisotopic (exact) mass is 553 g/mol. The third kappa shape index (κ3) is 4.92. The minimum Gasteiger partial charge on any atom is -0.457 e. The number of pyridine rings is 2. The fraction of sp³-hybridized carbons (Fsp3) is 0.143. The Balaban J connectivity index is 1.64. The molecule has 0 N–H and O–H groups in total. The van der Waals surface area contributed by atoms with E-state index in [1.54, 1.807) is 31.2 Å². The first-order chi connectivity index (χ1) is 18.3. The number of alkyl halides is 3. The summed E-state index contributed by atoms with van der Waals surface area (Å²) in [5.41, 5.74) is 1.57. The number of halogens is 3. The van der Waals surface area contributed by atoms with Gasteiger partial charge in [0.25, 0.3) is 15.6 Å². The summed E-state index contributed by atoms with van der Waals surface area (Å²) in [6.45, 7) is 3.55. The van der Waals surface area contributed by atoms with Gasteiger partial charge in [-0.1, -0.05) is 17.7 Å². The summed E-state index contributed by atoms with van der Waals surface area (Å²) in [5.74, 6) is 0.455. The first-order valence-electron chi connectivity index (χ1n) is 11.7. The Kier molecular flexibility index (Phi) is 6.34. The molecule has 0 aliphatic carbocycles. The highest BCUT2D eigenvalue weighted by Crippen LogP contribution is 2.35. The zero-order chi connectivity index (χ0) is 28.1. The molecule has 0 fully saturated rings. The van der Waals surface area contributed by atoms with Crippen molar-refractivity contribution in [2.75, 3.05) is 0 Å². The van der Waals surface area contributed by atoms with Gasteiger partial charge in [0.05, 0.1) is 27.2 Å². The zero-order valence-corrected chi connectivity index (χ0v) is 21.8. The predicted octanol–water partition coefficient (Wildman–Crippen LogP) is 6.07. The van der Waals surface area contributed by atoms with E-state index in [0.29, 0.717) is 22.5 Å². The van der Waals surface area contributed by atoms with Crippen LogP contribution in [0.25, 0.3) is 22.3 Å². The molecule has 0 spiro atoms. The maximum absolute atomic E-state index is 13.6. The topological polar surface area (TPSA) is 83.2 Å². The zero-order valence-electron chi connectivity index (χ0n) is 21.0. The summed E-state index contributed by atoms with van der Waals surface area (Å²) < 4.78 is 74.3. The van der Waals surface area contributed by atoms with Crippen LogP contribution in [-0.4, -0.2) is 21.9 Å². The van der Waals surface area contributed by atoms with Crippen LogP contribution in [0.4, 0.5) is 13.2 Å². The summed E-state index contributed by atoms with van der Waals surface area (Å²) in [5, 5.41) is 0. The number of hydrogen-bond acceptors (Lipinski definition) is 5. The molecule has 3 heterocycles. The summed E-state index contributed by atoms with van der Waals surface area (Å²) in [6.07, 6.45) is -3.06. The van der Waals surface area contributed by atoms with Crippen LogP contribution < -0.4 is 10.3 Å². The maximum Gasteiger partial charge on any atom is 0.416 e. The molecule has 2 aromatic carbocycles. The average molecular weight is 554 g/mol. The van der Waals surface area contributed by atoms with Crippen LogP contribution in [-0.2, 0) is 23.2 Å². The molecule has 5 aromatic rings. The van der Waals surface area contributed by atoms with E-state index in [4.69, 9.17) is 4.74 Å². The lowest BCUT2D eigenvalue weighted by Gasteiger charge is -2.11. The van der Waals surface area contributed by atoms with Crippen molar-refractivity contribution in [1.29, 1.82) is 0 Å². The Morgan fingerprint density at radius 2 is 1.54 bits per heavy atom. The van der Waals surface area contributed by atoms with Crippen LogP contribution >= 0.6 is 0 Å². The molecule has 0 unspecified atom stereocenters. The fourth-order valence-corrected chi connectivity index (χ4v) is 5.62. The Morgan fingerprint density at radius 3 is 2.18 bits per heavy atom. The molecular weight excluding hydrogens is 531 g/mol. The van der Waals surface area contributed by atoms with E-state index in [1.807, 2.05) is 6.92 Å². The largest absolute Gasteiger partial charge is 0.457 e. The Morgan fingerprint density at radius 1 is 0.872 bits per heavy atom. The standard InChI is InChI=1S/C28H22F3N3O4S/c1-17-4-10-22(11-5-17)39(36,37)34-16-23(27-25(34)12-13-26(35)33(27)3)24-15-21(14-18(2)32-24)38-20-8-6-19(7-9-20)28(29,30)31/h4-16H,1-3H3. The molecule has 0 saturated carbocycles. The van der Waals surface area contributed by atoms with Crippen LogP contribution in [0.1, 0.15) is 16.8 Å². The van der Waals surface area contributed by atoms with Gasteiger partial charge in [-0.15, -0.1) is 0 Å². The molecule has 0 aliphatic rings. The lowest BCUT2D eigenvalue weighted by molar-refractivity contribution is -0.137. The van der Waals surface area contributed by atoms with E-state index in [-0.39, 0.29) is 27.5 Å². The fourth-order valence-electron chi connectivity index (χ4n) is 4.26. The second kappa shape index (κ2) is 9.42. The van der Waals surface area contributed by atoms with Crippen molar-refractivity contribution in [3.8, 4) is 22.8 Å². The number of hydrogen-bond donors (Lipinski definition) is 0. The third-order valence-corrected chi connectivity index (χ3v) is 7.92. The molecule has 3 aromatic heterocycles. The van der Waals surface area contributed by atoms with E-state index in [0.717, 1.165) is 21.7 Å². The van der Waals surface area contributed by atoms with Crippen molar-refractivity contribution in [3.63, 3.8) is 0 Å². The molecule has 0 radical (unpaired) electrons. The highest BCUT2D eigenvalue weighted by atomic mass is 32.2. The van der Waals surface area contributed by atoms with E-state index in [2.05, 4.69) is 4.98 Å². The van der Waals surface area contributed by atoms with E-state index in [1.165, 1.54) is 54.2 Å². The summed E-state index contributed by atoms with van der Waals surface area (Å²) in [6, 6.07) is 16.6. The molecule has 0 atom stereocenters. The highest BCUT2D eigenvalue weighted by molar-refractivity contribution is 7.90. The quantitative estimate of drug-likeness (QED) is 0.264. The van der Waals surface area contributed by atoms with Crippen molar-refractivity contribution in [3.05, 3.63) is 106 Å². The Hall–Kier alpha value is -4.38. The molecule has 0 bridgehead atoms. The molecule has 7 nitrogen and oxygen atoms in total. The van der Waals surface area contributed by atoms with Gasteiger partial charge < -0.3 is 9.30 Å². The molecule has 200 valence electrons. The summed E-state index contributed by atoms with van der Waals surface area (Å²) in [7, 11) is -2.50. The maximum atomic E-state index is 13.6. The number of aryl methyl sites for hydroxylation is 3. The van der Waals surface area contributed by atoms with Gasteiger partial charge in [0.15, 0.2) is 0 Å². The minimum absolute atomic E-state index is 0.0777. The molecule has 5 rings (SSSR count). The van der Waals surface area contributed by atoms with Crippen LogP contribution in [0.5, 0.6) is 11.5 Å². The van der Waals surface area contributed by atoms with Gasteiger partial charge in [0.1, 0.15) is 11.5 Å². The highest BCUT2D eigenvalue weighted by Gasteiger charge is 2.30. The lowest BCUT2D eigenvalue weighted by atomic mass is 10.1. The molecule has 39 heavy (non-hydrogen) atoms. The third-order valence-electron chi connectivity index (χ3n) is 6.23. The van der Waals surface area contributed by atoms with Gasteiger partial charge in [-0.3, -0.25) is 9.78 Å². The van der Waals surface area contributed by atoms with Gasteiger partial charge in [0, 0.05) is 42.7 Å². The normalized spacial score (nSPS) is 12.2. The second-order valence-corrected chi connectivity index (χ2v) is 10.9. The van der Waals surface area contributed by atoms with E-state index < -0.39 is 21.8 Å². The van der Waals surface area contributed by atoms with Gasteiger partial charge in [0.2, 0.25) is 0 Å². The van der Waals surface area contributed by atoms with Gasteiger partial charge in [-0.05, 0) is 56.3 Å². The second-order valence-electron chi connectivity index (χ2n) is 9.07. The molecule has 0 saturated heterocycles. The van der Waals surface area contributed by atoms with E-state index >= 15 is 0 Å². The number of ether oxygens (including phenoxy) is 1. The number of rotatable bonds is 5. The number of benzene rings is 2. The number of nitrogens with zero attached hydrogens (tertiary/aromatic N) is 3. The number of fused-ring (bicyclic) bond motifs is 1. The van der Waals surface area contributed by atoms with Gasteiger partial charge >= 0.3 is 6.18 Å². The summed E-state index contributed by atoms with van der Waals surface area (Å²) in [4.78, 5) is 17.2. The first-order valence-corrected chi connectivity index (χ1v) is 13.2. The van der Waals surface area contributed by atoms with Gasteiger partial charge in [-0.2, -0.15) is 13.2 Å². The smallest absolute Gasteiger partial charge is 0.416 e. The van der Waals surface area contributed by atoms with E-state index in [9.17, 15) is 26.4 Å². The lowest BCUT2D eigenvalue weighted by Crippen LogP contribution is -2.17.